The molecule has 60 heavy (non-hydrogen) atoms. The van der Waals surface area contributed by atoms with Crippen LogP contribution in [0.1, 0.15) is 56.6 Å². The highest BCUT2D eigenvalue weighted by Crippen LogP contribution is 2.44. The maximum atomic E-state index is 13.9. The van der Waals surface area contributed by atoms with Gasteiger partial charge in [0.1, 0.15) is 30.8 Å². The summed E-state index contributed by atoms with van der Waals surface area (Å²) >= 11 is 0. The van der Waals surface area contributed by atoms with Gasteiger partial charge in [-0.15, -0.1) is 0 Å². The summed E-state index contributed by atoms with van der Waals surface area (Å²) in [5, 5.41) is 10.4. The number of nitrogens with one attached hydrogen (secondary N) is 4. The topological polar surface area (TPSA) is 180 Å². The van der Waals surface area contributed by atoms with Gasteiger partial charge >= 0.3 is 12.2 Å². The molecule has 1 aliphatic heterocycles. The van der Waals surface area contributed by atoms with Crippen LogP contribution < -0.4 is 20.7 Å². The second-order valence-electron chi connectivity index (χ2n) is 14.4. The predicted molar refractivity (Wildman–Crippen MR) is 231 cm³/mol. The zero-order valence-corrected chi connectivity index (χ0v) is 34.8. The number of nitrogens with zero attached hydrogens (tertiary/aromatic N) is 4. The molecule has 0 saturated carbocycles. The molecule has 1 unspecified atom stereocenters. The van der Waals surface area contributed by atoms with Crippen LogP contribution in [0.5, 0.6) is 5.75 Å². The minimum absolute atomic E-state index is 0.0556. The standard InChI is InChI=1S/C45H52N8O7/c1-7-19-52(43(55)41(51-45(57)59-6)29-12-10-9-11-13-29)26-39-48-24-37(50-39)31-14-16-33-32(21-31)27-60-38-23-34-30(22-35(33)38)15-17-36(42(34)46-4)47-18-20-53(28(3)8-2)40(54)25-49-44(56)58-5/h9-18,21-24,28,41,46H,7-8,19-20,25-27H2,1-6H3,(H,48,50)(H,49,56)(H,51,57)/b47-18+/t28-,41?/m0/s1. The highest BCUT2D eigenvalue weighted by atomic mass is 16.5. The Morgan fingerprint density at radius 1 is 0.983 bits per heavy atom. The average molecular weight is 817 g/mol. The van der Waals surface area contributed by atoms with Crippen LogP contribution in [-0.4, -0.2) is 96.9 Å². The van der Waals surface area contributed by atoms with Gasteiger partial charge in [-0.1, -0.05) is 62.4 Å². The molecule has 0 fully saturated rings. The molecule has 0 spiro atoms. The molecule has 15 heteroatoms. The summed E-state index contributed by atoms with van der Waals surface area (Å²) in [6.45, 7) is 7.11. The van der Waals surface area contributed by atoms with Gasteiger partial charge < -0.3 is 44.9 Å². The number of carbonyl (C=O) groups excluding carboxylic acids is 4. The molecule has 4 N–H and O–H groups in total. The van der Waals surface area contributed by atoms with Crippen molar-refractivity contribution in [2.24, 2.45) is 4.99 Å². The Bertz CT molecular complexity index is 2360. The first-order chi connectivity index (χ1) is 29.1. The molecular formula is C45H52N8O7. The lowest BCUT2D eigenvalue weighted by Gasteiger charge is -2.27. The van der Waals surface area contributed by atoms with E-state index in [1.54, 1.807) is 34.3 Å². The van der Waals surface area contributed by atoms with Crippen LogP contribution in [0.4, 0.5) is 21.0 Å². The number of H-pyrrole nitrogens is 1. The van der Waals surface area contributed by atoms with Crippen LogP contribution in [0.2, 0.25) is 0 Å². The fraction of sp³-hybridized carbons (Fsp3) is 0.333. The molecule has 0 saturated heterocycles. The van der Waals surface area contributed by atoms with Gasteiger partial charge in [0.25, 0.3) is 0 Å². The number of methoxy groups -OCH3 is 2. The normalized spacial score (nSPS) is 12.7. The van der Waals surface area contributed by atoms with Crippen LogP contribution >= 0.6 is 0 Å². The average Bonchev–Trinajstić information content (AvgIpc) is 3.75. The van der Waals surface area contributed by atoms with Crippen molar-refractivity contribution < 1.29 is 33.4 Å². The van der Waals surface area contributed by atoms with Crippen molar-refractivity contribution in [3.8, 4) is 28.1 Å². The second-order valence-corrected chi connectivity index (χ2v) is 14.4. The summed E-state index contributed by atoms with van der Waals surface area (Å²) in [7, 11) is 4.37. The van der Waals surface area contributed by atoms with Crippen LogP contribution in [0.3, 0.4) is 0 Å². The molecule has 314 valence electrons. The molecule has 4 amide bonds. The highest BCUT2D eigenvalue weighted by Gasteiger charge is 2.29. The number of aromatic amines is 1. The summed E-state index contributed by atoms with van der Waals surface area (Å²) in [4.78, 5) is 66.7. The zero-order valence-electron chi connectivity index (χ0n) is 34.8. The molecule has 4 aromatic carbocycles. The Hall–Kier alpha value is -6.90. The zero-order chi connectivity index (χ0) is 42.8. The van der Waals surface area contributed by atoms with Gasteiger partial charge in [0, 0.05) is 36.8 Å². The van der Waals surface area contributed by atoms with Gasteiger partial charge in [0.2, 0.25) is 11.8 Å². The first-order valence-electron chi connectivity index (χ1n) is 20.0. The molecule has 0 radical (unpaired) electrons. The molecule has 0 bridgehead atoms. The Labute approximate surface area is 349 Å². The fourth-order valence-electron chi connectivity index (χ4n) is 7.24. The van der Waals surface area contributed by atoms with Gasteiger partial charge in [0.05, 0.1) is 50.6 Å². The van der Waals surface area contributed by atoms with E-state index in [0.717, 1.165) is 56.6 Å². The number of benzene rings is 4. The number of fused-ring (bicyclic) bond motifs is 4. The number of ether oxygens (including phenoxy) is 3. The van der Waals surface area contributed by atoms with Crippen LogP contribution in [-0.2, 0) is 32.2 Å². The number of alkyl carbamates (subject to hydrolysis) is 2. The first-order valence-corrected chi connectivity index (χ1v) is 20.0. The van der Waals surface area contributed by atoms with Crippen LogP contribution in [0, 0.1) is 0 Å². The number of aromatic nitrogens is 2. The summed E-state index contributed by atoms with van der Waals surface area (Å²) < 4.78 is 15.8. The van der Waals surface area contributed by atoms with Gasteiger partial charge in [-0.25, -0.2) is 14.6 Å². The second kappa shape index (κ2) is 19.7. The number of aliphatic imine (C=N–C) groups is 1. The quantitative estimate of drug-likeness (QED) is 0.0741. The molecule has 2 heterocycles. The van der Waals surface area contributed by atoms with E-state index in [2.05, 4.69) is 48.9 Å². The number of anilines is 1. The minimum Gasteiger partial charge on any atom is -0.488 e. The van der Waals surface area contributed by atoms with E-state index in [1.165, 1.54) is 14.2 Å². The number of rotatable bonds is 16. The number of amides is 4. The molecule has 15 nitrogen and oxygen atoms in total. The summed E-state index contributed by atoms with van der Waals surface area (Å²) in [5.74, 6) is 0.873. The van der Waals surface area contributed by atoms with E-state index in [0.29, 0.717) is 36.6 Å². The third kappa shape index (κ3) is 9.68. The maximum absolute atomic E-state index is 13.9. The minimum atomic E-state index is -0.917. The molecular weight excluding hydrogens is 765 g/mol. The van der Waals surface area contributed by atoms with Crippen molar-refractivity contribution in [1.29, 1.82) is 0 Å². The van der Waals surface area contributed by atoms with E-state index in [1.807, 2.05) is 70.3 Å². The molecule has 1 aliphatic rings. The SMILES string of the molecule is CCCN(Cc1ncc(-c2ccc3c(c2)COc2cc4c(NC)c(/N=C/CN(C(=O)CNC(=O)OC)[C@@H](C)CC)ccc4cc2-3)[nH]1)C(=O)C(NC(=O)OC)c1ccccc1. The van der Waals surface area contributed by atoms with Crippen LogP contribution in [0.15, 0.2) is 84.0 Å². The molecule has 0 aliphatic carbocycles. The van der Waals surface area contributed by atoms with E-state index in [-0.39, 0.29) is 37.5 Å². The Morgan fingerprint density at radius 2 is 1.77 bits per heavy atom. The van der Waals surface area contributed by atoms with E-state index in [4.69, 9.17) is 14.5 Å². The summed E-state index contributed by atoms with van der Waals surface area (Å²) in [5.41, 5.74) is 6.99. The van der Waals surface area contributed by atoms with Crippen LogP contribution in [0.25, 0.3) is 33.2 Å². The third-order valence-electron chi connectivity index (χ3n) is 10.6. The lowest BCUT2D eigenvalue weighted by molar-refractivity contribution is -0.134. The maximum Gasteiger partial charge on any atom is 0.407 e. The van der Waals surface area contributed by atoms with Crippen molar-refractivity contribution in [3.05, 3.63) is 95.9 Å². The smallest absolute Gasteiger partial charge is 0.407 e. The summed E-state index contributed by atoms with van der Waals surface area (Å²) in [6.07, 6.45) is 3.58. The lowest BCUT2D eigenvalue weighted by atomic mass is 9.92. The third-order valence-corrected chi connectivity index (χ3v) is 10.6. The summed E-state index contributed by atoms with van der Waals surface area (Å²) in [6, 6.07) is 22.5. The molecule has 6 rings (SSSR count). The van der Waals surface area contributed by atoms with Gasteiger partial charge in [0.15, 0.2) is 0 Å². The first kappa shape index (κ1) is 42.7. The molecule has 1 aromatic heterocycles. The van der Waals surface area contributed by atoms with Crippen molar-refractivity contribution in [3.63, 3.8) is 0 Å². The van der Waals surface area contributed by atoms with Crippen molar-refractivity contribution in [2.75, 3.05) is 46.2 Å². The number of carbonyl (C=O) groups is 4. The van der Waals surface area contributed by atoms with Gasteiger partial charge in [-0.05, 0) is 71.7 Å². The van der Waals surface area contributed by atoms with E-state index in [9.17, 15) is 19.2 Å². The highest BCUT2D eigenvalue weighted by molar-refractivity contribution is 6.03. The number of hydrogen-bond acceptors (Lipinski definition) is 10. The van der Waals surface area contributed by atoms with E-state index >= 15 is 0 Å². The Kier molecular flexibility index (Phi) is 14.0. The monoisotopic (exact) mass is 816 g/mol. The fourth-order valence-corrected chi connectivity index (χ4v) is 7.24. The number of hydrogen-bond donors (Lipinski definition) is 4. The van der Waals surface area contributed by atoms with Gasteiger partial charge in [-0.2, -0.15) is 0 Å². The van der Waals surface area contributed by atoms with E-state index < -0.39 is 18.2 Å². The van der Waals surface area contributed by atoms with Crippen molar-refractivity contribution >= 4 is 52.4 Å². The predicted octanol–water partition coefficient (Wildman–Crippen LogP) is 7.35. The number of imidazole rings is 1. The Morgan fingerprint density at radius 3 is 2.48 bits per heavy atom. The van der Waals surface area contributed by atoms with Crippen molar-refractivity contribution in [1.82, 2.24) is 30.4 Å². The molecule has 2 atom stereocenters. The van der Waals surface area contributed by atoms with Gasteiger partial charge in [-0.3, -0.25) is 14.6 Å². The molecule has 5 aromatic rings. The Balaban J connectivity index is 1.19. The largest absolute Gasteiger partial charge is 0.488 e. The lowest BCUT2D eigenvalue weighted by Crippen LogP contribution is -2.45. The van der Waals surface area contributed by atoms with Crippen molar-refractivity contribution in [2.45, 2.75) is 58.8 Å².